The van der Waals surface area contributed by atoms with E-state index in [0.29, 0.717) is 22.8 Å². The van der Waals surface area contributed by atoms with Crippen molar-refractivity contribution in [1.29, 1.82) is 0 Å². The number of aromatic nitrogens is 1. The number of halogens is 3. The van der Waals surface area contributed by atoms with Crippen LogP contribution in [0.3, 0.4) is 0 Å². The molecule has 1 N–H and O–H groups in total. The number of nitrogens with zero attached hydrogens (tertiary/aromatic N) is 2. The number of anilines is 2. The first-order valence-electron chi connectivity index (χ1n) is 12.7. The lowest BCUT2D eigenvalue weighted by Gasteiger charge is -2.35. The molecule has 38 heavy (non-hydrogen) atoms. The number of urea groups is 1. The fourth-order valence-corrected chi connectivity index (χ4v) is 5.40. The van der Waals surface area contributed by atoms with Gasteiger partial charge in [-0.05, 0) is 79.3 Å². The van der Waals surface area contributed by atoms with Crippen molar-refractivity contribution >= 4 is 17.5 Å². The molecule has 2 aliphatic rings. The van der Waals surface area contributed by atoms with E-state index in [1.165, 1.54) is 17.2 Å². The second-order valence-electron chi connectivity index (χ2n) is 10.1. The summed E-state index contributed by atoms with van der Waals surface area (Å²) in [6.07, 6.45) is -2.63. The van der Waals surface area contributed by atoms with Gasteiger partial charge in [0, 0.05) is 28.8 Å². The first kappa shape index (κ1) is 24.2. The molecule has 2 heterocycles. The Morgan fingerprint density at radius 3 is 2.37 bits per heavy atom. The largest absolute Gasteiger partial charge is 0.416 e. The third-order valence-corrected chi connectivity index (χ3v) is 7.76. The van der Waals surface area contributed by atoms with Crippen molar-refractivity contribution in [2.24, 2.45) is 0 Å². The summed E-state index contributed by atoms with van der Waals surface area (Å²) >= 11 is 0. The van der Waals surface area contributed by atoms with Gasteiger partial charge in [0.05, 0.1) is 11.3 Å². The number of benzene rings is 3. The molecule has 1 aliphatic carbocycles. The van der Waals surface area contributed by atoms with Crippen LogP contribution in [0, 0.1) is 13.8 Å². The number of pyridine rings is 1. The Morgan fingerprint density at radius 1 is 0.868 bits per heavy atom. The highest BCUT2D eigenvalue weighted by atomic mass is 19.4. The minimum Gasteiger partial charge on any atom is -0.307 e. The Labute approximate surface area is 219 Å². The van der Waals surface area contributed by atoms with E-state index >= 15 is 0 Å². The lowest BCUT2D eigenvalue weighted by atomic mass is 9.78. The summed E-state index contributed by atoms with van der Waals surface area (Å²) in [5.41, 5.74) is 6.17. The Morgan fingerprint density at radius 2 is 1.63 bits per heavy atom. The van der Waals surface area contributed by atoms with Gasteiger partial charge in [-0.15, -0.1) is 0 Å². The van der Waals surface area contributed by atoms with E-state index in [4.69, 9.17) is 4.98 Å². The Balaban J connectivity index is 1.30. The number of hydrogen-bond donors (Lipinski definition) is 1. The minimum absolute atomic E-state index is 0.00260. The monoisotopic (exact) mass is 513 g/mol. The van der Waals surface area contributed by atoms with E-state index in [1.54, 1.807) is 17.0 Å². The first-order chi connectivity index (χ1) is 18.2. The number of rotatable bonds is 3. The molecule has 1 aromatic heterocycles. The third-order valence-electron chi connectivity index (χ3n) is 7.76. The maximum Gasteiger partial charge on any atom is 0.416 e. The quantitative estimate of drug-likeness (QED) is 0.299. The van der Waals surface area contributed by atoms with E-state index < -0.39 is 11.7 Å². The number of carbonyl (C=O) groups is 1. The van der Waals surface area contributed by atoms with E-state index in [-0.39, 0.29) is 18.0 Å². The minimum atomic E-state index is -4.44. The van der Waals surface area contributed by atoms with Crippen LogP contribution in [0.2, 0.25) is 0 Å². The summed E-state index contributed by atoms with van der Waals surface area (Å²) < 4.78 is 39.8. The molecule has 0 bridgehead atoms. The molecule has 1 saturated carbocycles. The third kappa shape index (κ3) is 4.22. The lowest BCUT2D eigenvalue weighted by molar-refractivity contribution is -0.137. The van der Waals surface area contributed by atoms with Crippen molar-refractivity contribution in [3.05, 3.63) is 101 Å². The Bertz CT molecular complexity index is 1560. The highest BCUT2D eigenvalue weighted by molar-refractivity contribution is 6.04. The zero-order valence-electron chi connectivity index (χ0n) is 21.0. The van der Waals surface area contributed by atoms with E-state index in [1.807, 2.05) is 30.3 Å². The molecule has 0 saturated heterocycles. The van der Waals surface area contributed by atoms with Crippen molar-refractivity contribution < 1.29 is 18.0 Å². The highest BCUT2D eigenvalue weighted by Crippen LogP contribution is 2.51. The number of hydrogen-bond acceptors (Lipinski definition) is 2. The van der Waals surface area contributed by atoms with Gasteiger partial charge in [-0.1, -0.05) is 48.5 Å². The number of nitrogens with one attached hydrogen (secondary N) is 1. The van der Waals surface area contributed by atoms with Gasteiger partial charge in [-0.3, -0.25) is 4.90 Å². The summed E-state index contributed by atoms with van der Waals surface area (Å²) in [7, 11) is 0. The average molecular weight is 514 g/mol. The summed E-state index contributed by atoms with van der Waals surface area (Å²) in [4.78, 5) is 20.0. The van der Waals surface area contributed by atoms with Gasteiger partial charge < -0.3 is 5.32 Å². The van der Waals surface area contributed by atoms with Crippen LogP contribution in [0.15, 0.2) is 78.9 Å². The smallest absolute Gasteiger partial charge is 0.307 e. The molecule has 1 aliphatic heterocycles. The van der Waals surface area contributed by atoms with Crippen molar-refractivity contribution in [2.45, 2.75) is 44.8 Å². The number of carbonyl (C=O) groups excluding carboxylic acids is 1. The first-order valence-corrected chi connectivity index (χ1v) is 12.7. The standard InChI is InChI=1S/C31H26F3N3O/c1-18-9-10-21(15-19(18)2)20-5-4-8-24(17-20)35-30(38)37-28-14-12-25(28)26-11-13-27(36-29(26)37)22-6-3-7-23(16-22)31(32,33)34/h3-11,13,15-17,25,28H,12,14H2,1-2H3,(H,35,38). The van der Waals surface area contributed by atoms with Gasteiger partial charge in [-0.25, -0.2) is 9.78 Å². The van der Waals surface area contributed by atoms with Gasteiger partial charge >= 0.3 is 12.2 Å². The zero-order valence-corrected chi connectivity index (χ0v) is 21.0. The van der Waals surface area contributed by atoms with Crippen molar-refractivity contribution in [2.75, 3.05) is 10.2 Å². The summed E-state index contributed by atoms with van der Waals surface area (Å²) in [5.74, 6) is 0.718. The maximum absolute atomic E-state index is 13.6. The van der Waals surface area contributed by atoms with Gasteiger partial charge in [0.25, 0.3) is 0 Å². The van der Waals surface area contributed by atoms with Crippen LogP contribution in [-0.2, 0) is 6.18 Å². The predicted molar refractivity (Wildman–Crippen MR) is 143 cm³/mol. The molecule has 0 spiro atoms. The maximum atomic E-state index is 13.6. The zero-order chi connectivity index (χ0) is 26.6. The van der Waals surface area contributed by atoms with Gasteiger partial charge in [0.2, 0.25) is 0 Å². The average Bonchev–Trinajstić information content (AvgIpc) is 3.10. The second-order valence-corrected chi connectivity index (χ2v) is 10.1. The number of amides is 2. The van der Waals surface area contributed by atoms with Crippen LogP contribution in [0.1, 0.15) is 41.0 Å². The van der Waals surface area contributed by atoms with Crippen LogP contribution >= 0.6 is 0 Å². The molecule has 2 atom stereocenters. The Kier molecular flexibility index (Phi) is 5.74. The van der Waals surface area contributed by atoms with Gasteiger partial charge in [-0.2, -0.15) is 13.2 Å². The predicted octanol–water partition coefficient (Wildman–Crippen LogP) is 8.35. The normalized spacial score (nSPS) is 18.0. The summed E-state index contributed by atoms with van der Waals surface area (Å²) in [6.45, 7) is 4.15. The molecule has 0 radical (unpaired) electrons. The van der Waals surface area contributed by atoms with E-state index in [9.17, 15) is 18.0 Å². The number of aryl methyl sites for hydroxylation is 2. The number of alkyl halides is 3. The molecule has 2 amide bonds. The highest BCUT2D eigenvalue weighted by Gasteiger charge is 2.48. The fraction of sp³-hybridized carbons (Fsp3) is 0.226. The molecular weight excluding hydrogens is 487 g/mol. The van der Waals surface area contributed by atoms with Crippen LogP contribution < -0.4 is 10.2 Å². The topological polar surface area (TPSA) is 45.2 Å². The van der Waals surface area contributed by atoms with Crippen LogP contribution in [-0.4, -0.2) is 17.1 Å². The summed E-state index contributed by atoms with van der Waals surface area (Å²) in [6, 6.07) is 22.5. The molecule has 2 unspecified atom stereocenters. The van der Waals surface area contributed by atoms with E-state index in [2.05, 4.69) is 37.4 Å². The molecule has 6 rings (SSSR count). The number of fused-ring (bicyclic) bond motifs is 3. The molecule has 4 aromatic rings. The lowest BCUT2D eigenvalue weighted by Crippen LogP contribution is -2.46. The van der Waals surface area contributed by atoms with Gasteiger partial charge in [0.1, 0.15) is 5.82 Å². The second kappa shape index (κ2) is 9.01. The van der Waals surface area contributed by atoms with Crippen LogP contribution in [0.25, 0.3) is 22.4 Å². The van der Waals surface area contributed by atoms with Crippen LogP contribution in [0.4, 0.5) is 29.5 Å². The molecule has 3 aromatic carbocycles. The van der Waals surface area contributed by atoms with Crippen molar-refractivity contribution in [1.82, 2.24) is 4.98 Å². The molecule has 7 heteroatoms. The summed E-state index contributed by atoms with van der Waals surface area (Å²) in [5, 5.41) is 3.03. The van der Waals surface area contributed by atoms with Crippen LogP contribution in [0.5, 0.6) is 0 Å². The van der Waals surface area contributed by atoms with Gasteiger partial charge in [0.15, 0.2) is 0 Å². The Hall–Kier alpha value is -4.13. The van der Waals surface area contributed by atoms with Crippen molar-refractivity contribution in [3.8, 4) is 22.4 Å². The SMILES string of the molecule is Cc1ccc(-c2cccc(NC(=O)N3c4nc(-c5cccc(C(F)(F)F)c5)ccc4C4CCC43)c2)cc1C. The molecular formula is C31H26F3N3O. The van der Waals surface area contributed by atoms with Crippen molar-refractivity contribution in [3.63, 3.8) is 0 Å². The molecule has 4 nitrogen and oxygen atoms in total. The fourth-order valence-electron chi connectivity index (χ4n) is 5.40. The van der Waals surface area contributed by atoms with E-state index in [0.717, 1.165) is 41.7 Å². The molecule has 1 fully saturated rings. The molecule has 192 valence electrons.